The zero-order chi connectivity index (χ0) is 9.97. The number of hydrogen-bond acceptors (Lipinski definition) is 2. The minimum absolute atomic E-state index is 0.354. The number of carbonyl (C=O) groups is 1. The molecule has 1 aromatic rings. The average molecular weight is 192 g/mol. The summed E-state index contributed by atoms with van der Waals surface area (Å²) >= 11 is 0. The van der Waals surface area contributed by atoms with Crippen LogP contribution in [0.2, 0.25) is 0 Å². The van der Waals surface area contributed by atoms with E-state index in [-0.39, 0.29) is 0 Å². The Bertz CT molecular complexity index is 326. The first kappa shape index (κ1) is 9.44. The maximum absolute atomic E-state index is 11.6. The van der Waals surface area contributed by atoms with Gasteiger partial charge in [0.1, 0.15) is 5.82 Å². The van der Waals surface area contributed by atoms with Crippen LogP contribution in [0.5, 0.6) is 0 Å². The maximum Gasteiger partial charge on any atom is 0.155 e. The van der Waals surface area contributed by atoms with Crippen LogP contribution >= 0.6 is 0 Å². The van der Waals surface area contributed by atoms with E-state index in [1.807, 2.05) is 10.8 Å². The van der Waals surface area contributed by atoms with Crippen molar-refractivity contribution in [3.05, 3.63) is 18.2 Å². The minimum atomic E-state index is 0.354. The zero-order valence-electron chi connectivity index (χ0n) is 8.57. The summed E-state index contributed by atoms with van der Waals surface area (Å²) in [5, 5.41) is 0. The van der Waals surface area contributed by atoms with Gasteiger partial charge >= 0.3 is 0 Å². The molecule has 1 aliphatic carbocycles. The van der Waals surface area contributed by atoms with Crippen molar-refractivity contribution in [2.75, 3.05) is 0 Å². The predicted molar refractivity (Wildman–Crippen MR) is 54.0 cm³/mol. The molecule has 2 rings (SSSR count). The average Bonchev–Trinajstić information content (AvgIpc) is 2.93. The van der Waals surface area contributed by atoms with Crippen molar-refractivity contribution in [1.82, 2.24) is 9.55 Å². The van der Waals surface area contributed by atoms with Crippen LogP contribution in [0.15, 0.2) is 12.4 Å². The molecule has 1 aliphatic rings. The Labute approximate surface area is 84.1 Å². The van der Waals surface area contributed by atoms with Gasteiger partial charge in [-0.3, -0.25) is 4.79 Å². The van der Waals surface area contributed by atoms with E-state index in [4.69, 9.17) is 0 Å². The van der Waals surface area contributed by atoms with Gasteiger partial charge in [0.15, 0.2) is 5.78 Å². The Kier molecular flexibility index (Phi) is 2.66. The quantitative estimate of drug-likeness (QED) is 0.713. The van der Waals surface area contributed by atoms with Gasteiger partial charge in [0, 0.05) is 24.7 Å². The van der Waals surface area contributed by atoms with Gasteiger partial charge in [0.25, 0.3) is 0 Å². The molecular formula is C11H16N2O. The molecule has 0 amide bonds. The van der Waals surface area contributed by atoms with E-state index >= 15 is 0 Å². The van der Waals surface area contributed by atoms with Crippen molar-refractivity contribution in [2.24, 2.45) is 5.92 Å². The lowest BCUT2D eigenvalue weighted by Gasteiger charge is -2.05. The van der Waals surface area contributed by atoms with Crippen molar-refractivity contribution < 1.29 is 4.79 Å². The lowest BCUT2D eigenvalue weighted by molar-refractivity contribution is -0.120. The molecule has 0 aliphatic heterocycles. The highest BCUT2D eigenvalue weighted by Gasteiger charge is 2.29. The van der Waals surface area contributed by atoms with Crippen molar-refractivity contribution in [3.63, 3.8) is 0 Å². The number of aryl methyl sites for hydroxylation is 1. The van der Waals surface area contributed by atoms with Crippen molar-refractivity contribution >= 4 is 5.78 Å². The van der Waals surface area contributed by atoms with Gasteiger partial charge in [-0.2, -0.15) is 0 Å². The van der Waals surface area contributed by atoms with Crippen molar-refractivity contribution in [3.8, 4) is 0 Å². The number of carbonyl (C=O) groups excluding carboxylic acids is 1. The summed E-state index contributed by atoms with van der Waals surface area (Å²) in [7, 11) is 0. The molecular weight excluding hydrogens is 176 g/mol. The molecule has 0 N–H and O–H groups in total. The van der Waals surface area contributed by atoms with E-state index in [0.717, 1.165) is 31.5 Å². The van der Waals surface area contributed by atoms with Gasteiger partial charge in [0.05, 0.1) is 6.54 Å². The molecule has 3 nitrogen and oxygen atoms in total. The van der Waals surface area contributed by atoms with E-state index < -0.39 is 0 Å². The third-order valence-electron chi connectivity index (χ3n) is 2.63. The van der Waals surface area contributed by atoms with E-state index in [0.29, 0.717) is 18.2 Å². The Morgan fingerprint density at radius 1 is 1.64 bits per heavy atom. The number of hydrogen-bond donors (Lipinski definition) is 0. The Hall–Kier alpha value is -1.12. The molecule has 3 heteroatoms. The molecule has 0 saturated heterocycles. The maximum atomic E-state index is 11.6. The van der Waals surface area contributed by atoms with Crippen LogP contribution in [0.4, 0.5) is 0 Å². The van der Waals surface area contributed by atoms with Crippen molar-refractivity contribution in [1.29, 1.82) is 0 Å². The number of ketones is 1. The molecule has 0 radical (unpaired) electrons. The fraction of sp³-hybridized carbons (Fsp3) is 0.636. The van der Waals surface area contributed by atoms with Crippen molar-refractivity contribution in [2.45, 2.75) is 39.2 Å². The Morgan fingerprint density at radius 3 is 3.07 bits per heavy atom. The molecule has 1 saturated carbocycles. The summed E-state index contributed by atoms with van der Waals surface area (Å²) in [6.07, 6.45) is 7.92. The lowest BCUT2D eigenvalue weighted by atomic mass is 10.2. The molecule has 76 valence electrons. The predicted octanol–water partition coefficient (Wildman–Crippen LogP) is 1.81. The summed E-state index contributed by atoms with van der Waals surface area (Å²) in [6.45, 7) is 2.65. The first-order valence-corrected chi connectivity index (χ1v) is 5.34. The van der Waals surface area contributed by atoms with E-state index in [2.05, 4.69) is 11.9 Å². The zero-order valence-corrected chi connectivity index (χ0v) is 8.57. The summed E-state index contributed by atoms with van der Waals surface area (Å²) in [4.78, 5) is 15.8. The standard InChI is InChI=1S/C11H16N2O/c1-2-3-11-12-6-7-13(11)8-10(14)9-4-5-9/h6-7,9H,2-5,8H2,1H3. The SMILES string of the molecule is CCCc1nccn1CC(=O)C1CC1. The summed E-state index contributed by atoms with van der Waals surface area (Å²) in [6, 6.07) is 0. The number of imidazole rings is 1. The highest BCUT2D eigenvalue weighted by atomic mass is 16.1. The summed E-state index contributed by atoms with van der Waals surface area (Å²) < 4.78 is 1.99. The largest absolute Gasteiger partial charge is 0.327 e. The fourth-order valence-corrected chi connectivity index (χ4v) is 1.64. The van der Waals surface area contributed by atoms with Gasteiger partial charge < -0.3 is 4.57 Å². The van der Waals surface area contributed by atoms with Gasteiger partial charge in [-0.25, -0.2) is 4.98 Å². The number of nitrogens with zero attached hydrogens (tertiary/aromatic N) is 2. The number of aromatic nitrogens is 2. The molecule has 0 aromatic carbocycles. The normalized spacial score (nSPS) is 15.8. The first-order chi connectivity index (χ1) is 6.81. The summed E-state index contributed by atoms with van der Waals surface area (Å²) in [5.41, 5.74) is 0. The van der Waals surface area contributed by atoms with Gasteiger partial charge in [0.2, 0.25) is 0 Å². The fourth-order valence-electron chi connectivity index (χ4n) is 1.64. The van der Waals surface area contributed by atoms with E-state index in [1.165, 1.54) is 0 Å². The van der Waals surface area contributed by atoms with Crippen LogP contribution in [0, 0.1) is 5.92 Å². The van der Waals surface area contributed by atoms with Crippen LogP contribution in [-0.2, 0) is 17.8 Å². The van der Waals surface area contributed by atoms with Crippen LogP contribution in [-0.4, -0.2) is 15.3 Å². The third-order valence-corrected chi connectivity index (χ3v) is 2.63. The Morgan fingerprint density at radius 2 is 2.43 bits per heavy atom. The lowest BCUT2D eigenvalue weighted by Crippen LogP contribution is -2.13. The van der Waals surface area contributed by atoms with Gasteiger partial charge in [-0.1, -0.05) is 6.92 Å². The molecule has 0 unspecified atom stereocenters. The van der Waals surface area contributed by atoms with E-state index in [9.17, 15) is 4.79 Å². The van der Waals surface area contributed by atoms with Gasteiger partial charge in [-0.15, -0.1) is 0 Å². The second-order valence-electron chi connectivity index (χ2n) is 3.96. The minimum Gasteiger partial charge on any atom is -0.327 e. The van der Waals surface area contributed by atoms with E-state index in [1.54, 1.807) is 6.20 Å². The second kappa shape index (κ2) is 3.95. The van der Waals surface area contributed by atoms with Crippen LogP contribution < -0.4 is 0 Å². The van der Waals surface area contributed by atoms with Crippen LogP contribution in [0.3, 0.4) is 0 Å². The molecule has 14 heavy (non-hydrogen) atoms. The molecule has 1 fully saturated rings. The van der Waals surface area contributed by atoms with Crippen LogP contribution in [0.25, 0.3) is 0 Å². The Balaban J connectivity index is 1.99. The second-order valence-corrected chi connectivity index (χ2v) is 3.96. The molecule has 0 bridgehead atoms. The third kappa shape index (κ3) is 2.03. The number of rotatable bonds is 5. The highest BCUT2D eigenvalue weighted by Crippen LogP contribution is 2.30. The molecule has 1 heterocycles. The molecule has 0 spiro atoms. The molecule has 1 aromatic heterocycles. The highest BCUT2D eigenvalue weighted by molar-refractivity contribution is 5.82. The van der Waals surface area contributed by atoms with Crippen LogP contribution in [0.1, 0.15) is 32.0 Å². The molecule has 0 atom stereocenters. The smallest absolute Gasteiger partial charge is 0.155 e. The topological polar surface area (TPSA) is 34.9 Å². The number of Topliss-reactive ketones (excluding diaryl/α,β-unsaturated/α-hetero) is 1. The monoisotopic (exact) mass is 192 g/mol. The first-order valence-electron chi connectivity index (χ1n) is 5.34. The van der Waals surface area contributed by atoms with Gasteiger partial charge in [-0.05, 0) is 19.3 Å². The summed E-state index contributed by atoms with van der Waals surface area (Å²) in [5.74, 6) is 1.77.